The first kappa shape index (κ1) is 19.2. The first-order chi connectivity index (χ1) is 13.0. The van der Waals surface area contributed by atoms with E-state index in [2.05, 4.69) is 4.72 Å². The molecule has 6 nitrogen and oxygen atoms in total. The third-order valence-electron chi connectivity index (χ3n) is 4.51. The second-order valence-electron chi connectivity index (χ2n) is 6.48. The lowest BCUT2D eigenvalue weighted by atomic mass is 9.99. The summed E-state index contributed by atoms with van der Waals surface area (Å²) in [4.78, 5) is 13.7. The minimum atomic E-state index is -3.52. The molecule has 2 aromatic rings. The lowest BCUT2D eigenvalue weighted by Gasteiger charge is -2.29. The van der Waals surface area contributed by atoms with Gasteiger partial charge >= 0.3 is 0 Å². The quantitative estimate of drug-likeness (QED) is 0.791. The fourth-order valence-corrected chi connectivity index (χ4v) is 3.96. The van der Waals surface area contributed by atoms with E-state index in [4.69, 9.17) is 4.74 Å². The van der Waals surface area contributed by atoms with Crippen LogP contribution in [-0.2, 0) is 27.8 Å². The molecule has 7 heteroatoms. The number of carbonyl (C=O) groups is 1. The van der Waals surface area contributed by atoms with Gasteiger partial charge in [0.15, 0.2) is 0 Å². The van der Waals surface area contributed by atoms with Crippen molar-refractivity contribution in [1.29, 1.82) is 0 Å². The molecule has 0 spiro atoms. The average Bonchev–Trinajstić information content (AvgIpc) is 2.67. The molecule has 0 radical (unpaired) electrons. The van der Waals surface area contributed by atoms with Crippen LogP contribution in [0.15, 0.2) is 48.5 Å². The fraction of sp³-hybridized carbons (Fsp3) is 0.350. The van der Waals surface area contributed by atoms with Crippen molar-refractivity contribution in [2.24, 2.45) is 0 Å². The molecule has 0 aromatic heterocycles. The van der Waals surface area contributed by atoms with Gasteiger partial charge in [-0.15, -0.1) is 0 Å². The zero-order valence-electron chi connectivity index (χ0n) is 15.3. The van der Waals surface area contributed by atoms with Crippen molar-refractivity contribution in [1.82, 2.24) is 4.90 Å². The third-order valence-corrected chi connectivity index (χ3v) is 5.76. The van der Waals surface area contributed by atoms with Gasteiger partial charge in [-0.05, 0) is 41.8 Å². The van der Waals surface area contributed by atoms with Crippen LogP contribution in [0.25, 0.3) is 0 Å². The molecule has 27 heavy (non-hydrogen) atoms. The van der Waals surface area contributed by atoms with E-state index in [9.17, 15) is 13.2 Å². The van der Waals surface area contributed by atoms with E-state index in [0.717, 1.165) is 17.5 Å². The van der Waals surface area contributed by atoms with E-state index in [1.54, 1.807) is 18.2 Å². The molecular weight excluding hydrogens is 364 g/mol. The highest BCUT2D eigenvalue weighted by Gasteiger charge is 2.20. The maximum absolute atomic E-state index is 12.3. The smallest absolute Gasteiger partial charge is 0.236 e. The molecule has 1 N–H and O–H groups in total. The van der Waals surface area contributed by atoms with Gasteiger partial charge in [0.2, 0.25) is 15.9 Å². The van der Waals surface area contributed by atoms with Crippen molar-refractivity contribution in [2.75, 3.05) is 23.6 Å². The Morgan fingerprint density at radius 1 is 1.15 bits per heavy atom. The molecule has 2 aromatic carbocycles. The Labute approximate surface area is 160 Å². The number of benzene rings is 2. The molecule has 0 bridgehead atoms. The van der Waals surface area contributed by atoms with E-state index in [-0.39, 0.29) is 18.3 Å². The van der Waals surface area contributed by atoms with E-state index < -0.39 is 10.0 Å². The minimum Gasteiger partial charge on any atom is -0.492 e. The Kier molecular flexibility index (Phi) is 6.01. The topological polar surface area (TPSA) is 75.7 Å². The number of nitrogens with one attached hydrogen (secondary N) is 1. The molecule has 144 valence electrons. The summed E-state index contributed by atoms with van der Waals surface area (Å²) in [6, 6.07) is 14.6. The van der Waals surface area contributed by atoms with Crippen LogP contribution in [-0.4, -0.2) is 38.1 Å². The normalized spacial score (nSPS) is 13.7. The zero-order chi connectivity index (χ0) is 19.3. The van der Waals surface area contributed by atoms with Crippen LogP contribution < -0.4 is 9.46 Å². The van der Waals surface area contributed by atoms with E-state index in [0.29, 0.717) is 30.9 Å². The number of para-hydroxylation sites is 1. The molecule has 1 aliphatic heterocycles. The number of sulfonamides is 1. The molecule has 0 fully saturated rings. The first-order valence-electron chi connectivity index (χ1n) is 9.05. The Morgan fingerprint density at radius 3 is 2.67 bits per heavy atom. The molecule has 1 aliphatic rings. The summed E-state index contributed by atoms with van der Waals surface area (Å²) in [6.45, 7) is 3.15. The number of hydrogen-bond acceptors (Lipinski definition) is 4. The summed E-state index contributed by atoms with van der Waals surface area (Å²) in [6.07, 6.45) is 1.27. The van der Waals surface area contributed by atoms with Gasteiger partial charge in [0.1, 0.15) is 18.1 Å². The first-order valence-corrected chi connectivity index (χ1v) is 10.7. The summed E-state index contributed by atoms with van der Waals surface area (Å²) < 4.78 is 32.7. The van der Waals surface area contributed by atoms with E-state index >= 15 is 0 Å². The molecule has 1 amide bonds. The van der Waals surface area contributed by atoms with Crippen LogP contribution >= 0.6 is 0 Å². The van der Waals surface area contributed by atoms with Gasteiger partial charge in [0.05, 0.1) is 0 Å². The number of fused-ring (bicyclic) bond motifs is 1. The van der Waals surface area contributed by atoms with Gasteiger partial charge in [-0.1, -0.05) is 31.2 Å². The van der Waals surface area contributed by atoms with Crippen LogP contribution in [0.1, 0.15) is 24.5 Å². The lowest BCUT2D eigenvalue weighted by molar-refractivity contribution is -0.131. The summed E-state index contributed by atoms with van der Waals surface area (Å²) >= 11 is 0. The highest BCUT2D eigenvalue weighted by molar-refractivity contribution is 7.92. The Bertz CT molecular complexity index is 897. The standard InChI is InChI=1S/C20H24N2O4S/c1-2-20(23)22-11-10-16-8-9-18(14-17(16)15-22)21-27(24,25)13-12-26-19-6-4-3-5-7-19/h3-9,14,21H,2,10-13,15H2,1H3. The number of amides is 1. The van der Waals surface area contributed by atoms with Crippen molar-refractivity contribution in [3.63, 3.8) is 0 Å². The monoisotopic (exact) mass is 388 g/mol. The predicted molar refractivity (Wildman–Crippen MR) is 105 cm³/mol. The molecule has 3 rings (SSSR count). The second kappa shape index (κ2) is 8.43. The Hall–Kier alpha value is -2.54. The highest BCUT2D eigenvalue weighted by Crippen LogP contribution is 2.23. The lowest BCUT2D eigenvalue weighted by Crippen LogP contribution is -2.35. The van der Waals surface area contributed by atoms with Crippen LogP contribution in [0.4, 0.5) is 5.69 Å². The summed E-state index contributed by atoms with van der Waals surface area (Å²) in [7, 11) is -3.52. The largest absolute Gasteiger partial charge is 0.492 e. The van der Waals surface area contributed by atoms with Gasteiger partial charge in [0, 0.05) is 25.2 Å². The summed E-state index contributed by atoms with van der Waals surface area (Å²) in [5.41, 5.74) is 2.66. The molecule has 0 unspecified atom stereocenters. The number of hydrogen-bond donors (Lipinski definition) is 1. The van der Waals surface area contributed by atoms with Crippen LogP contribution in [0, 0.1) is 0 Å². The number of nitrogens with zero attached hydrogens (tertiary/aromatic N) is 1. The number of anilines is 1. The molecule has 0 saturated carbocycles. The van der Waals surface area contributed by atoms with Crippen molar-refractivity contribution < 1.29 is 17.9 Å². The number of rotatable bonds is 7. The average molecular weight is 388 g/mol. The van der Waals surface area contributed by atoms with Crippen molar-refractivity contribution in [3.8, 4) is 5.75 Å². The molecular formula is C20H24N2O4S. The van der Waals surface area contributed by atoms with Crippen LogP contribution in [0.3, 0.4) is 0 Å². The number of ether oxygens (including phenoxy) is 1. The molecule has 0 aliphatic carbocycles. The fourth-order valence-electron chi connectivity index (χ4n) is 3.07. The van der Waals surface area contributed by atoms with E-state index in [1.807, 2.05) is 42.2 Å². The summed E-state index contributed by atoms with van der Waals surface area (Å²) in [5, 5.41) is 0. The van der Waals surface area contributed by atoms with Gasteiger partial charge in [-0.3, -0.25) is 9.52 Å². The minimum absolute atomic E-state index is 0.0725. The highest BCUT2D eigenvalue weighted by atomic mass is 32.2. The SMILES string of the molecule is CCC(=O)N1CCc2ccc(NS(=O)(=O)CCOc3ccccc3)cc2C1. The molecule has 1 heterocycles. The molecule has 0 atom stereocenters. The van der Waals surface area contributed by atoms with Crippen LogP contribution in [0.5, 0.6) is 5.75 Å². The van der Waals surface area contributed by atoms with Crippen molar-refractivity contribution in [3.05, 3.63) is 59.7 Å². The summed E-state index contributed by atoms with van der Waals surface area (Å²) in [5.74, 6) is 0.617. The Morgan fingerprint density at radius 2 is 1.93 bits per heavy atom. The second-order valence-corrected chi connectivity index (χ2v) is 8.33. The predicted octanol–water partition coefficient (Wildman–Crippen LogP) is 2.80. The van der Waals surface area contributed by atoms with Gasteiger partial charge in [0.25, 0.3) is 0 Å². The van der Waals surface area contributed by atoms with Crippen molar-refractivity contribution >= 4 is 21.6 Å². The number of carbonyl (C=O) groups excluding carboxylic acids is 1. The maximum atomic E-state index is 12.3. The van der Waals surface area contributed by atoms with Gasteiger partial charge in [-0.2, -0.15) is 0 Å². The van der Waals surface area contributed by atoms with Crippen LogP contribution in [0.2, 0.25) is 0 Å². The van der Waals surface area contributed by atoms with E-state index in [1.165, 1.54) is 0 Å². The van der Waals surface area contributed by atoms with Crippen molar-refractivity contribution in [2.45, 2.75) is 26.3 Å². The maximum Gasteiger partial charge on any atom is 0.236 e. The zero-order valence-corrected chi connectivity index (χ0v) is 16.2. The molecule has 0 saturated heterocycles. The third kappa shape index (κ3) is 5.23. The Balaban J connectivity index is 1.61. The van der Waals surface area contributed by atoms with Gasteiger partial charge in [-0.25, -0.2) is 8.42 Å². The van der Waals surface area contributed by atoms with Gasteiger partial charge < -0.3 is 9.64 Å².